The summed E-state index contributed by atoms with van der Waals surface area (Å²) in [6, 6.07) is 0. The zero-order chi connectivity index (χ0) is 9.40. The third kappa shape index (κ3) is 5.52. The first-order valence-corrected chi connectivity index (χ1v) is 4.85. The average molecular weight is 173 g/mol. The quantitative estimate of drug-likeness (QED) is 0.598. The van der Waals surface area contributed by atoms with Gasteiger partial charge in [-0.2, -0.15) is 0 Å². The van der Waals surface area contributed by atoms with Gasteiger partial charge in [-0.25, -0.2) is 0 Å². The van der Waals surface area contributed by atoms with Crippen LogP contribution < -0.4 is 5.73 Å². The van der Waals surface area contributed by atoms with Crippen LogP contribution in [-0.2, 0) is 0 Å². The van der Waals surface area contributed by atoms with Crippen molar-refractivity contribution in [2.75, 3.05) is 46.3 Å². The van der Waals surface area contributed by atoms with Crippen LogP contribution in [0, 0.1) is 0 Å². The van der Waals surface area contributed by atoms with Crippen molar-refractivity contribution in [3.05, 3.63) is 0 Å². The van der Waals surface area contributed by atoms with Crippen LogP contribution in [0.25, 0.3) is 0 Å². The minimum atomic E-state index is 0.759. The summed E-state index contributed by atoms with van der Waals surface area (Å²) in [5.41, 5.74) is 5.45. The fourth-order valence-electron chi connectivity index (χ4n) is 1.18. The maximum Gasteiger partial charge on any atom is 0.0109 e. The summed E-state index contributed by atoms with van der Waals surface area (Å²) in [5, 5.41) is 0. The van der Waals surface area contributed by atoms with E-state index < -0.39 is 0 Å². The molecular weight excluding hydrogens is 150 g/mol. The molecule has 0 amide bonds. The molecule has 0 unspecified atom stereocenters. The lowest BCUT2D eigenvalue weighted by Gasteiger charge is -2.22. The Labute approximate surface area is 76.5 Å². The lowest BCUT2D eigenvalue weighted by molar-refractivity contribution is 0.244. The number of hydrogen-bond donors (Lipinski definition) is 1. The third-order valence-electron chi connectivity index (χ3n) is 2.20. The molecule has 74 valence electrons. The van der Waals surface area contributed by atoms with Gasteiger partial charge in [-0.1, -0.05) is 13.8 Å². The van der Waals surface area contributed by atoms with Gasteiger partial charge in [0.2, 0.25) is 0 Å². The van der Waals surface area contributed by atoms with Crippen molar-refractivity contribution in [2.45, 2.75) is 13.8 Å². The Morgan fingerprint density at radius 2 is 1.58 bits per heavy atom. The molecule has 0 radical (unpaired) electrons. The van der Waals surface area contributed by atoms with E-state index in [1.165, 1.54) is 0 Å². The van der Waals surface area contributed by atoms with Crippen LogP contribution in [0.5, 0.6) is 0 Å². The molecule has 0 aliphatic heterocycles. The minimum Gasteiger partial charge on any atom is -0.329 e. The highest BCUT2D eigenvalue weighted by Gasteiger charge is 2.00. The van der Waals surface area contributed by atoms with Crippen LogP contribution in [0.4, 0.5) is 0 Å². The Kier molecular flexibility index (Phi) is 7.45. The van der Waals surface area contributed by atoms with Crippen molar-refractivity contribution in [1.29, 1.82) is 0 Å². The molecule has 0 fully saturated rings. The molecule has 0 heterocycles. The van der Waals surface area contributed by atoms with Crippen molar-refractivity contribution in [3.63, 3.8) is 0 Å². The second-order valence-electron chi connectivity index (χ2n) is 3.12. The van der Waals surface area contributed by atoms with Crippen molar-refractivity contribution in [3.8, 4) is 0 Å². The van der Waals surface area contributed by atoms with E-state index in [1.807, 2.05) is 0 Å². The van der Waals surface area contributed by atoms with Gasteiger partial charge in [0.25, 0.3) is 0 Å². The summed E-state index contributed by atoms with van der Waals surface area (Å²) in [4.78, 5) is 4.70. The SMILES string of the molecule is CCN(CC)CCN(C)CCN. The Balaban J connectivity index is 3.37. The molecule has 0 aromatic carbocycles. The normalized spacial score (nSPS) is 11.5. The second kappa shape index (κ2) is 7.53. The summed E-state index contributed by atoms with van der Waals surface area (Å²) < 4.78 is 0. The van der Waals surface area contributed by atoms with E-state index >= 15 is 0 Å². The van der Waals surface area contributed by atoms with Crippen LogP contribution in [0.1, 0.15) is 13.8 Å². The number of rotatable bonds is 7. The van der Waals surface area contributed by atoms with E-state index in [9.17, 15) is 0 Å². The van der Waals surface area contributed by atoms with Gasteiger partial charge < -0.3 is 15.5 Å². The zero-order valence-electron chi connectivity index (χ0n) is 8.71. The van der Waals surface area contributed by atoms with Crippen molar-refractivity contribution < 1.29 is 0 Å². The van der Waals surface area contributed by atoms with Crippen LogP contribution in [-0.4, -0.2) is 56.1 Å². The molecule has 0 atom stereocenters. The number of likely N-dealkylation sites (N-methyl/N-ethyl adjacent to an activating group) is 2. The standard InChI is InChI=1S/C9H23N3/c1-4-12(5-2)9-8-11(3)7-6-10/h4-10H2,1-3H3. The largest absolute Gasteiger partial charge is 0.329 e. The van der Waals surface area contributed by atoms with E-state index in [2.05, 4.69) is 30.7 Å². The highest BCUT2D eigenvalue weighted by molar-refractivity contribution is 4.57. The molecule has 0 aliphatic rings. The first-order chi connectivity index (χ1) is 5.74. The van der Waals surface area contributed by atoms with Gasteiger partial charge in [0.1, 0.15) is 0 Å². The molecule has 0 saturated heterocycles. The summed E-state index contributed by atoms with van der Waals surface area (Å²) in [7, 11) is 2.12. The van der Waals surface area contributed by atoms with Gasteiger partial charge in [-0.15, -0.1) is 0 Å². The van der Waals surface area contributed by atoms with E-state index in [0.717, 1.165) is 39.3 Å². The molecule has 3 nitrogen and oxygen atoms in total. The molecule has 0 bridgehead atoms. The van der Waals surface area contributed by atoms with Crippen molar-refractivity contribution in [2.24, 2.45) is 5.73 Å². The fraction of sp³-hybridized carbons (Fsp3) is 1.00. The molecule has 0 aromatic rings. The molecule has 3 heteroatoms. The van der Waals surface area contributed by atoms with Gasteiger partial charge in [0.15, 0.2) is 0 Å². The van der Waals surface area contributed by atoms with Gasteiger partial charge in [-0.3, -0.25) is 0 Å². The zero-order valence-corrected chi connectivity index (χ0v) is 8.71. The molecule has 0 aliphatic carbocycles. The molecule has 0 aromatic heterocycles. The summed E-state index contributed by atoms with van der Waals surface area (Å²) >= 11 is 0. The predicted octanol–water partition coefficient (Wildman–Crippen LogP) is 0.219. The Bertz CT molecular complexity index is 91.8. The van der Waals surface area contributed by atoms with Gasteiger partial charge in [0, 0.05) is 26.2 Å². The third-order valence-corrected chi connectivity index (χ3v) is 2.20. The predicted molar refractivity (Wildman–Crippen MR) is 54.3 cm³/mol. The molecule has 0 saturated carbocycles. The van der Waals surface area contributed by atoms with Gasteiger partial charge >= 0.3 is 0 Å². The summed E-state index contributed by atoms with van der Waals surface area (Å²) in [5.74, 6) is 0. The Morgan fingerprint density at radius 1 is 1.00 bits per heavy atom. The van der Waals surface area contributed by atoms with E-state index in [-0.39, 0.29) is 0 Å². The molecular formula is C9H23N3. The molecule has 0 rings (SSSR count). The Morgan fingerprint density at radius 3 is 2.00 bits per heavy atom. The number of hydrogen-bond acceptors (Lipinski definition) is 3. The van der Waals surface area contributed by atoms with Crippen molar-refractivity contribution >= 4 is 0 Å². The highest BCUT2D eigenvalue weighted by Crippen LogP contribution is 1.88. The Hall–Kier alpha value is -0.120. The first kappa shape index (κ1) is 11.9. The topological polar surface area (TPSA) is 32.5 Å². The van der Waals surface area contributed by atoms with Crippen LogP contribution in [0.2, 0.25) is 0 Å². The fourth-order valence-corrected chi connectivity index (χ4v) is 1.18. The van der Waals surface area contributed by atoms with Crippen LogP contribution in [0.15, 0.2) is 0 Å². The average Bonchev–Trinajstić information content (AvgIpc) is 2.07. The number of nitrogens with zero attached hydrogens (tertiary/aromatic N) is 2. The monoisotopic (exact) mass is 173 g/mol. The maximum absolute atomic E-state index is 5.45. The van der Waals surface area contributed by atoms with Crippen molar-refractivity contribution in [1.82, 2.24) is 9.80 Å². The van der Waals surface area contributed by atoms with E-state index in [1.54, 1.807) is 0 Å². The van der Waals surface area contributed by atoms with E-state index in [4.69, 9.17) is 5.73 Å². The summed E-state index contributed by atoms with van der Waals surface area (Å²) in [6.45, 7) is 10.7. The molecule has 12 heavy (non-hydrogen) atoms. The van der Waals surface area contributed by atoms with E-state index in [0.29, 0.717) is 0 Å². The van der Waals surface area contributed by atoms with Crippen LogP contribution in [0.3, 0.4) is 0 Å². The minimum absolute atomic E-state index is 0.759. The lowest BCUT2D eigenvalue weighted by atomic mass is 10.4. The second-order valence-corrected chi connectivity index (χ2v) is 3.12. The lowest BCUT2D eigenvalue weighted by Crippen LogP contribution is -2.35. The maximum atomic E-state index is 5.45. The van der Waals surface area contributed by atoms with Crippen LogP contribution >= 0.6 is 0 Å². The smallest absolute Gasteiger partial charge is 0.0109 e. The molecule has 0 spiro atoms. The van der Waals surface area contributed by atoms with Gasteiger partial charge in [-0.05, 0) is 20.1 Å². The van der Waals surface area contributed by atoms with Gasteiger partial charge in [0.05, 0.1) is 0 Å². The first-order valence-electron chi connectivity index (χ1n) is 4.85. The molecule has 2 N–H and O–H groups in total. The summed E-state index contributed by atoms with van der Waals surface area (Å²) in [6.07, 6.45) is 0. The number of nitrogens with two attached hydrogens (primary N) is 1. The highest BCUT2D eigenvalue weighted by atomic mass is 15.2.